The van der Waals surface area contributed by atoms with Crippen molar-refractivity contribution in [2.75, 3.05) is 19.6 Å². The number of carbonyl (C=O) groups is 1. The van der Waals surface area contributed by atoms with E-state index in [9.17, 15) is 4.79 Å². The lowest BCUT2D eigenvalue weighted by atomic mass is 9.96. The fraction of sp³-hybridized carbons (Fsp3) is 0.917. The summed E-state index contributed by atoms with van der Waals surface area (Å²) in [6.45, 7) is 11.1. The molecule has 15 heavy (non-hydrogen) atoms. The van der Waals surface area contributed by atoms with E-state index in [2.05, 4.69) is 17.1 Å². The van der Waals surface area contributed by atoms with Crippen LogP contribution in [0.4, 0.5) is 0 Å². The summed E-state index contributed by atoms with van der Waals surface area (Å²) in [5.74, 6) is 0.148. The maximum Gasteiger partial charge on any atom is 0.225 e. The van der Waals surface area contributed by atoms with Crippen LogP contribution >= 0.6 is 0 Å². The molecule has 1 unspecified atom stereocenters. The SMILES string of the molecule is CC1CCCN1CCNC(=O)C(C)(C)C. The number of carbonyl (C=O) groups excluding carboxylic acids is 1. The van der Waals surface area contributed by atoms with E-state index in [0.717, 1.165) is 13.1 Å². The number of nitrogens with one attached hydrogen (secondary N) is 1. The maximum absolute atomic E-state index is 11.6. The molecule has 1 atom stereocenters. The third-order valence-electron chi connectivity index (χ3n) is 3.06. The largest absolute Gasteiger partial charge is 0.354 e. The number of hydrogen-bond donors (Lipinski definition) is 1. The maximum atomic E-state index is 11.6. The fourth-order valence-corrected chi connectivity index (χ4v) is 1.90. The zero-order chi connectivity index (χ0) is 11.5. The van der Waals surface area contributed by atoms with Crippen molar-refractivity contribution in [3.05, 3.63) is 0 Å². The van der Waals surface area contributed by atoms with Gasteiger partial charge in [-0.3, -0.25) is 9.69 Å². The fourth-order valence-electron chi connectivity index (χ4n) is 1.90. The lowest BCUT2D eigenvalue weighted by Gasteiger charge is -2.23. The van der Waals surface area contributed by atoms with E-state index in [1.807, 2.05) is 20.8 Å². The Hall–Kier alpha value is -0.570. The first-order valence-electron chi connectivity index (χ1n) is 5.93. The Labute approximate surface area is 93.2 Å². The van der Waals surface area contributed by atoms with Crippen molar-refractivity contribution in [3.63, 3.8) is 0 Å². The van der Waals surface area contributed by atoms with Crippen molar-refractivity contribution >= 4 is 5.91 Å². The highest BCUT2D eigenvalue weighted by Gasteiger charge is 2.22. The van der Waals surface area contributed by atoms with Gasteiger partial charge >= 0.3 is 0 Å². The number of rotatable bonds is 3. The molecule has 1 amide bonds. The monoisotopic (exact) mass is 212 g/mol. The zero-order valence-electron chi connectivity index (χ0n) is 10.5. The zero-order valence-corrected chi connectivity index (χ0v) is 10.5. The van der Waals surface area contributed by atoms with Crippen LogP contribution in [0, 0.1) is 5.41 Å². The smallest absolute Gasteiger partial charge is 0.225 e. The molecule has 3 nitrogen and oxygen atoms in total. The number of hydrogen-bond acceptors (Lipinski definition) is 2. The molecule has 0 radical (unpaired) electrons. The summed E-state index contributed by atoms with van der Waals surface area (Å²) in [5, 5.41) is 2.99. The summed E-state index contributed by atoms with van der Waals surface area (Å²) in [6, 6.07) is 0.691. The van der Waals surface area contributed by atoms with Gasteiger partial charge in [-0.25, -0.2) is 0 Å². The Morgan fingerprint density at radius 3 is 2.60 bits per heavy atom. The molecule has 1 N–H and O–H groups in total. The van der Waals surface area contributed by atoms with Gasteiger partial charge < -0.3 is 5.32 Å². The predicted octanol–water partition coefficient (Wildman–Crippen LogP) is 1.63. The van der Waals surface area contributed by atoms with Crippen LogP contribution in [0.15, 0.2) is 0 Å². The number of nitrogens with zero attached hydrogens (tertiary/aromatic N) is 1. The number of amides is 1. The highest BCUT2D eigenvalue weighted by molar-refractivity contribution is 5.81. The lowest BCUT2D eigenvalue weighted by Crippen LogP contribution is -2.40. The van der Waals surface area contributed by atoms with Crippen molar-refractivity contribution in [2.24, 2.45) is 5.41 Å². The van der Waals surface area contributed by atoms with Gasteiger partial charge in [0, 0.05) is 24.5 Å². The van der Waals surface area contributed by atoms with Gasteiger partial charge in [-0.15, -0.1) is 0 Å². The first-order valence-corrected chi connectivity index (χ1v) is 5.93. The van der Waals surface area contributed by atoms with E-state index in [-0.39, 0.29) is 11.3 Å². The Bertz CT molecular complexity index is 220. The van der Waals surface area contributed by atoms with Crippen LogP contribution in [0.3, 0.4) is 0 Å². The average Bonchev–Trinajstić information content (AvgIpc) is 2.50. The highest BCUT2D eigenvalue weighted by Crippen LogP contribution is 2.15. The molecule has 88 valence electrons. The van der Waals surface area contributed by atoms with Crippen LogP contribution in [0.1, 0.15) is 40.5 Å². The summed E-state index contributed by atoms with van der Waals surface area (Å²) in [7, 11) is 0. The minimum atomic E-state index is -0.267. The third kappa shape index (κ3) is 3.82. The molecule has 0 aromatic rings. The number of likely N-dealkylation sites (tertiary alicyclic amines) is 1. The van der Waals surface area contributed by atoms with Crippen molar-refractivity contribution in [1.29, 1.82) is 0 Å². The molecule has 1 aliphatic rings. The molecule has 1 aliphatic heterocycles. The van der Waals surface area contributed by atoms with Crippen LogP contribution in [0.25, 0.3) is 0 Å². The van der Waals surface area contributed by atoms with Crippen molar-refractivity contribution in [2.45, 2.75) is 46.6 Å². The third-order valence-corrected chi connectivity index (χ3v) is 3.06. The molecule has 0 aromatic carbocycles. The molecule has 0 saturated carbocycles. The molecule has 0 aromatic heterocycles. The minimum absolute atomic E-state index is 0.148. The van der Waals surface area contributed by atoms with Gasteiger partial charge in [-0.05, 0) is 26.3 Å². The second-order valence-electron chi connectivity index (χ2n) is 5.53. The second-order valence-corrected chi connectivity index (χ2v) is 5.53. The normalized spacial score (nSPS) is 23.1. The van der Waals surface area contributed by atoms with Crippen LogP contribution < -0.4 is 5.32 Å². The van der Waals surface area contributed by atoms with E-state index in [1.165, 1.54) is 19.4 Å². The molecular weight excluding hydrogens is 188 g/mol. The van der Waals surface area contributed by atoms with E-state index in [0.29, 0.717) is 6.04 Å². The summed E-state index contributed by atoms with van der Waals surface area (Å²) in [5.41, 5.74) is -0.267. The molecule has 1 saturated heterocycles. The second kappa shape index (κ2) is 4.97. The van der Waals surface area contributed by atoms with E-state index >= 15 is 0 Å². The Kier molecular flexibility index (Phi) is 4.14. The van der Waals surface area contributed by atoms with Gasteiger partial charge in [-0.2, -0.15) is 0 Å². The van der Waals surface area contributed by atoms with Gasteiger partial charge in [0.05, 0.1) is 0 Å². The predicted molar refractivity (Wildman–Crippen MR) is 62.7 cm³/mol. The Balaban J connectivity index is 2.19. The van der Waals surface area contributed by atoms with E-state index in [4.69, 9.17) is 0 Å². The van der Waals surface area contributed by atoms with Gasteiger partial charge in [0.2, 0.25) is 5.91 Å². The molecule has 0 spiro atoms. The molecule has 3 heteroatoms. The first kappa shape index (κ1) is 12.5. The minimum Gasteiger partial charge on any atom is -0.354 e. The quantitative estimate of drug-likeness (QED) is 0.771. The van der Waals surface area contributed by atoms with Crippen LogP contribution in [-0.2, 0) is 4.79 Å². The van der Waals surface area contributed by atoms with Crippen LogP contribution in [0.2, 0.25) is 0 Å². The van der Waals surface area contributed by atoms with Crippen molar-refractivity contribution < 1.29 is 4.79 Å². The standard InChI is InChI=1S/C12H24N2O/c1-10-6-5-8-14(10)9-7-13-11(15)12(2,3)4/h10H,5-9H2,1-4H3,(H,13,15). The summed E-state index contributed by atoms with van der Waals surface area (Å²) >= 11 is 0. The van der Waals surface area contributed by atoms with Gasteiger partial charge in [0.1, 0.15) is 0 Å². The topological polar surface area (TPSA) is 32.3 Å². The Morgan fingerprint density at radius 2 is 2.13 bits per heavy atom. The Morgan fingerprint density at radius 1 is 1.47 bits per heavy atom. The molecular formula is C12H24N2O. The molecule has 1 heterocycles. The molecule has 1 fully saturated rings. The van der Waals surface area contributed by atoms with E-state index in [1.54, 1.807) is 0 Å². The molecule has 0 aliphatic carbocycles. The first-order chi connectivity index (χ1) is 6.91. The van der Waals surface area contributed by atoms with Crippen molar-refractivity contribution in [3.8, 4) is 0 Å². The molecule has 0 bridgehead atoms. The van der Waals surface area contributed by atoms with Crippen LogP contribution in [0.5, 0.6) is 0 Å². The highest BCUT2D eigenvalue weighted by atomic mass is 16.2. The average molecular weight is 212 g/mol. The van der Waals surface area contributed by atoms with Gasteiger partial charge in [0.25, 0.3) is 0 Å². The summed E-state index contributed by atoms with van der Waals surface area (Å²) in [6.07, 6.45) is 2.60. The molecule has 1 rings (SSSR count). The van der Waals surface area contributed by atoms with Gasteiger partial charge in [-0.1, -0.05) is 20.8 Å². The summed E-state index contributed by atoms with van der Waals surface area (Å²) < 4.78 is 0. The van der Waals surface area contributed by atoms with Crippen molar-refractivity contribution in [1.82, 2.24) is 10.2 Å². The van der Waals surface area contributed by atoms with Crippen LogP contribution in [-0.4, -0.2) is 36.5 Å². The lowest BCUT2D eigenvalue weighted by molar-refractivity contribution is -0.128. The van der Waals surface area contributed by atoms with Gasteiger partial charge in [0.15, 0.2) is 0 Å². The summed E-state index contributed by atoms with van der Waals surface area (Å²) in [4.78, 5) is 14.0. The van der Waals surface area contributed by atoms with E-state index < -0.39 is 0 Å².